The molecule has 0 radical (unpaired) electrons. The molecular formula is C9H8N2O3. The molecule has 0 spiro atoms. The second-order valence-corrected chi connectivity index (χ2v) is 3.16. The van der Waals surface area contributed by atoms with Crippen molar-refractivity contribution >= 4 is 6.08 Å². The maximum atomic E-state index is 10.6. The quantitative estimate of drug-likeness (QED) is 0.354. The monoisotopic (exact) mass is 192 g/mol. The summed E-state index contributed by atoms with van der Waals surface area (Å²) in [6.45, 7) is -0.225. The van der Waals surface area contributed by atoms with Gasteiger partial charge in [-0.15, -0.1) is 0 Å². The smallest absolute Gasteiger partial charge is 0.326 e. The fraction of sp³-hybridized carbons (Fsp3) is 0.222. The van der Waals surface area contributed by atoms with E-state index in [1.54, 1.807) is 24.3 Å². The van der Waals surface area contributed by atoms with Crippen molar-refractivity contribution in [1.82, 2.24) is 0 Å². The molecule has 2 rings (SSSR count). The summed E-state index contributed by atoms with van der Waals surface area (Å²) in [5.74, 6) is 0. The van der Waals surface area contributed by atoms with Gasteiger partial charge in [0.15, 0.2) is 0 Å². The first kappa shape index (κ1) is 8.83. The van der Waals surface area contributed by atoms with Crippen molar-refractivity contribution in [2.75, 3.05) is 6.54 Å². The predicted molar refractivity (Wildman–Crippen MR) is 48.5 cm³/mol. The lowest BCUT2D eigenvalue weighted by Crippen LogP contribution is -2.46. The van der Waals surface area contributed by atoms with Crippen LogP contribution in [-0.2, 0) is 0 Å². The lowest BCUT2D eigenvalue weighted by atomic mass is 10.1. The van der Waals surface area contributed by atoms with E-state index >= 15 is 0 Å². The van der Waals surface area contributed by atoms with E-state index in [-0.39, 0.29) is 6.54 Å². The number of para-hydroxylation sites is 1. The Balaban J connectivity index is 2.64. The highest BCUT2D eigenvalue weighted by Crippen LogP contribution is 2.09. The molecule has 5 heteroatoms. The van der Waals surface area contributed by atoms with Crippen LogP contribution in [0.4, 0.5) is 0 Å². The Labute approximate surface area is 79.2 Å². The zero-order chi connectivity index (χ0) is 10.2. The molecule has 1 aromatic rings. The third kappa shape index (κ3) is 1.27. The van der Waals surface area contributed by atoms with E-state index in [1.165, 1.54) is 6.08 Å². The van der Waals surface area contributed by atoms with E-state index in [2.05, 4.69) is 4.99 Å². The van der Waals surface area contributed by atoms with Gasteiger partial charge in [0.2, 0.25) is 0 Å². The number of hydrogen-bond donors (Lipinski definition) is 1. The lowest BCUT2D eigenvalue weighted by Gasteiger charge is -2.15. The van der Waals surface area contributed by atoms with E-state index < -0.39 is 10.6 Å². The summed E-state index contributed by atoms with van der Waals surface area (Å²) in [4.78, 5) is 13.8. The highest BCUT2D eigenvalue weighted by molar-refractivity contribution is 5.33. The van der Waals surface area contributed by atoms with Gasteiger partial charge in [-0.2, -0.15) is 0 Å². The molecule has 1 heterocycles. The Kier molecular flexibility index (Phi) is 1.82. The van der Waals surface area contributed by atoms with Gasteiger partial charge in [-0.3, -0.25) is 15.1 Å². The van der Waals surface area contributed by atoms with E-state index in [4.69, 9.17) is 0 Å². The van der Waals surface area contributed by atoms with Crippen LogP contribution >= 0.6 is 0 Å². The van der Waals surface area contributed by atoms with Crippen molar-refractivity contribution in [2.24, 2.45) is 4.99 Å². The number of aliphatic hydroxyl groups is 1. The maximum Gasteiger partial charge on any atom is 0.362 e. The molecule has 1 aliphatic rings. The molecule has 72 valence electrons. The van der Waals surface area contributed by atoms with E-state index in [9.17, 15) is 15.2 Å². The second kappa shape index (κ2) is 2.88. The lowest BCUT2D eigenvalue weighted by molar-refractivity contribution is -0.597. The van der Waals surface area contributed by atoms with Gasteiger partial charge in [-0.1, -0.05) is 18.2 Å². The van der Waals surface area contributed by atoms with Gasteiger partial charge in [0.1, 0.15) is 6.54 Å². The van der Waals surface area contributed by atoms with E-state index in [0.29, 0.717) is 10.6 Å². The Morgan fingerprint density at radius 2 is 2.21 bits per heavy atom. The molecule has 0 saturated heterocycles. The fourth-order valence-electron chi connectivity index (χ4n) is 1.36. The number of rotatable bonds is 1. The van der Waals surface area contributed by atoms with Crippen molar-refractivity contribution < 1.29 is 10.0 Å². The Morgan fingerprint density at radius 3 is 2.93 bits per heavy atom. The summed E-state index contributed by atoms with van der Waals surface area (Å²) in [5.41, 5.74) is -2.05. The number of fused-ring (bicyclic) bond motifs is 1. The molecule has 1 aliphatic heterocycles. The fourth-order valence-corrected chi connectivity index (χ4v) is 1.36. The SMILES string of the molecule is O=[N+]([O-])C1(O)C=c2ccccc2=NC1. The molecule has 0 fully saturated rings. The molecule has 1 N–H and O–H groups in total. The number of hydrogen-bond acceptors (Lipinski definition) is 4. The second-order valence-electron chi connectivity index (χ2n) is 3.16. The zero-order valence-corrected chi connectivity index (χ0v) is 7.25. The normalized spacial score (nSPS) is 24.4. The molecule has 1 atom stereocenters. The summed E-state index contributed by atoms with van der Waals surface area (Å²) in [6.07, 6.45) is 1.23. The van der Waals surface area contributed by atoms with Crippen molar-refractivity contribution in [3.63, 3.8) is 0 Å². The highest BCUT2D eigenvalue weighted by Gasteiger charge is 2.38. The van der Waals surface area contributed by atoms with Crippen LogP contribution in [0.5, 0.6) is 0 Å². The molecule has 1 unspecified atom stereocenters. The Hall–Kier alpha value is -1.75. The van der Waals surface area contributed by atoms with Crippen molar-refractivity contribution in [2.45, 2.75) is 5.72 Å². The van der Waals surface area contributed by atoms with Crippen molar-refractivity contribution in [1.29, 1.82) is 0 Å². The minimum atomic E-state index is -2.05. The summed E-state index contributed by atoms with van der Waals surface area (Å²) in [7, 11) is 0. The molecule has 0 bridgehead atoms. The predicted octanol–water partition coefficient (Wildman–Crippen LogP) is -0.934. The van der Waals surface area contributed by atoms with Crippen LogP contribution in [0.25, 0.3) is 6.08 Å². The van der Waals surface area contributed by atoms with Crippen LogP contribution in [-0.4, -0.2) is 22.3 Å². The van der Waals surface area contributed by atoms with Crippen LogP contribution in [0.1, 0.15) is 0 Å². The van der Waals surface area contributed by atoms with Gasteiger partial charge in [-0.25, -0.2) is 0 Å². The topological polar surface area (TPSA) is 75.7 Å². The molecular weight excluding hydrogens is 184 g/mol. The number of nitro groups is 1. The largest absolute Gasteiger partial charge is 0.362 e. The standard InChI is InChI=1S/C9H8N2O3/c12-9(11(13)14)5-7-3-1-2-4-8(7)10-6-9/h1-5,12H,6H2. The molecule has 1 aromatic carbocycles. The van der Waals surface area contributed by atoms with Gasteiger partial charge in [0.25, 0.3) is 0 Å². The Bertz CT molecular complexity index is 497. The molecule has 0 aliphatic carbocycles. The number of benzene rings is 1. The third-order valence-electron chi connectivity index (χ3n) is 2.12. The van der Waals surface area contributed by atoms with Crippen LogP contribution < -0.4 is 10.6 Å². The van der Waals surface area contributed by atoms with Gasteiger partial charge >= 0.3 is 5.72 Å². The van der Waals surface area contributed by atoms with Gasteiger partial charge in [0.05, 0.1) is 10.3 Å². The average Bonchev–Trinajstić information content (AvgIpc) is 2.17. The summed E-state index contributed by atoms with van der Waals surface area (Å²) >= 11 is 0. The average molecular weight is 192 g/mol. The van der Waals surface area contributed by atoms with Gasteiger partial charge < -0.3 is 5.11 Å². The highest BCUT2D eigenvalue weighted by atomic mass is 16.7. The van der Waals surface area contributed by atoms with Crippen molar-refractivity contribution in [3.05, 3.63) is 45.0 Å². The third-order valence-corrected chi connectivity index (χ3v) is 2.12. The molecule has 5 nitrogen and oxygen atoms in total. The van der Waals surface area contributed by atoms with E-state index in [1.807, 2.05) is 0 Å². The first-order valence-corrected chi connectivity index (χ1v) is 4.11. The molecule has 0 aromatic heterocycles. The van der Waals surface area contributed by atoms with Crippen LogP contribution in [0.3, 0.4) is 0 Å². The summed E-state index contributed by atoms with van der Waals surface area (Å²) in [6, 6.07) is 6.99. The van der Waals surface area contributed by atoms with Crippen LogP contribution in [0.2, 0.25) is 0 Å². The first-order chi connectivity index (χ1) is 6.62. The Morgan fingerprint density at radius 1 is 1.50 bits per heavy atom. The van der Waals surface area contributed by atoms with Gasteiger partial charge in [-0.05, 0) is 6.07 Å². The first-order valence-electron chi connectivity index (χ1n) is 4.11. The van der Waals surface area contributed by atoms with E-state index in [0.717, 1.165) is 0 Å². The maximum absolute atomic E-state index is 10.6. The number of nitrogens with zero attached hydrogens (tertiary/aromatic N) is 2. The van der Waals surface area contributed by atoms with Crippen LogP contribution in [0.15, 0.2) is 29.3 Å². The molecule has 14 heavy (non-hydrogen) atoms. The van der Waals surface area contributed by atoms with Gasteiger partial charge in [0, 0.05) is 11.3 Å². The summed E-state index contributed by atoms with van der Waals surface area (Å²) < 4.78 is 0. The molecule has 0 amide bonds. The van der Waals surface area contributed by atoms with Crippen LogP contribution in [0, 0.1) is 10.1 Å². The molecule has 0 saturated carbocycles. The minimum Gasteiger partial charge on any atom is -0.326 e. The zero-order valence-electron chi connectivity index (χ0n) is 7.25. The summed E-state index contributed by atoms with van der Waals surface area (Å²) in [5, 5.41) is 21.4. The van der Waals surface area contributed by atoms with Crippen molar-refractivity contribution in [3.8, 4) is 0 Å². The minimum absolute atomic E-state index is 0.225.